The Morgan fingerprint density at radius 1 is 1.24 bits per heavy atom. The van der Waals surface area contributed by atoms with Crippen LogP contribution >= 0.6 is 11.6 Å². The summed E-state index contributed by atoms with van der Waals surface area (Å²) in [4.78, 5) is 43.6. The van der Waals surface area contributed by atoms with E-state index >= 15 is 0 Å². The van der Waals surface area contributed by atoms with Gasteiger partial charge in [0.15, 0.2) is 0 Å². The van der Waals surface area contributed by atoms with Crippen molar-refractivity contribution in [2.75, 3.05) is 25.0 Å². The highest BCUT2D eigenvalue weighted by molar-refractivity contribution is 6.29. The first-order valence-corrected chi connectivity index (χ1v) is 11.7. The molecule has 1 aliphatic carbocycles. The maximum Gasteiger partial charge on any atom is 0.410 e. The summed E-state index contributed by atoms with van der Waals surface area (Å²) in [7, 11) is 0. The lowest BCUT2D eigenvalue weighted by molar-refractivity contribution is -0.384. The van der Waals surface area contributed by atoms with E-state index in [2.05, 4.69) is 10.3 Å². The Labute approximate surface area is 198 Å². The summed E-state index contributed by atoms with van der Waals surface area (Å²) >= 11 is 5.91. The van der Waals surface area contributed by atoms with Crippen LogP contribution in [0.25, 0.3) is 0 Å². The molecule has 1 aromatic rings. The SMILES string of the molecule is C[C@@H]1CN(C(=O)OC(C)(C)C)CCN1C(=O)[C@H]1CC[C@@H](Nc2cc(Cl)ncc2[N+](=O)[O-])CC1. The van der Waals surface area contributed by atoms with Crippen LogP contribution in [0.3, 0.4) is 0 Å². The third-order valence-electron chi connectivity index (χ3n) is 6.04. The largest absolute Gasteiger partial charge is 0.444 e. The lowest BCUT2D eigenvalue weighted by Crippen LogP contribution is -2.57. The summed E-state index contributed by atoms with van der Waals surface area (Å²) in [5.74, 6) is 0.0253. The normalized spacial score (nSPS) is 23.7. The highest BCUT2D eigenvalue weighted by atomic mass is 35.5. The zero-order valence-corrected chi connectivity index (χ0v) is 20.3. The highest BCUT2D eigenvalue weighted by Gasteiger charge is 2.36. The Morgan fingerprint density at radius 3 is 2.48 bits per heavy atom. The summed E-state index contributed by atoms with van der Waals surface area (Å²) in [6.07, 6.45) is 3.64. The molecule has 0 radical (unpaired) electrons. The molecule has 1 saturated heterocycles. The first kappa shape index (κ1) is 25.0. The zero-order chi connectivity index (χ0) is 24.3. The van der Waals surface area contributed by atoms with Crippen LogP contribution in [0.4, 0.5) is 16.2 Å². The molecule has 2 aliphatic rings. The lowest BCUT2D eigenvalue weighted by Gasteiger charge is -2.42. The van der Waals surface area contributed by atoms with Crippen LogP contribution < -0.4 is 5.32 Å². The molecule has 182 valence electrons. The topological polar surface area (TPSA) is 118 Å². The number of carbonyl (C=O) groups excluding carboxylic acids is 2. The van der Waals surface area contributed by atoms with E-state index in [4.69, 9.17) is 16.3 Å². The smallest absolute Gasteiger partial charge is 0.410 e. The van der Waals surface area contributed by atoms with Crippen LogP contribution in [0.2, 0.25) is 5.15 Å². The fourth-order valence-corrected chi connectivity index (χ4v) is 4.56. The molecule has 1 aromatic heterocycles. The van der Waals surface area contributed by atoms with Crippen molar-refractivity contribution in [2.24, 2.45) is 5.92 Å². The van der Waals surface area contributed by atoms with E-state index in [1.54, 1.807) is 4.90 Å². The third kappa shape index (κ3) is 6.46. The Balaban J connectivity index is 1.52. The summed E-state index contributed by atoms with van der Waals surface area (Å²) in [5, 5.41) is 14.6. The minimum Gasteiger partial charge on any atom is -0.444 e. The van der Waals surface area contributed by atoms with Crippen LogP contribution in [-0.2, 0) is 9.53 Å². The second kappa shape index (κ2) is 10.1. The van der Waals surface area contributed by atoms with Crippen LogP contribution in [-0.4, -0.2) is 69.0 Å². The number of nitrogens with zero attached hydrogens (tertiary/aromatic N) is 4. The quantitative estimate of drug-likeness (QED) is 0.391. The number of ether oxygens (including phenoxy) is 1. The number of halogens is 1. The van der Waals surface area contributed by atoms with E-state index in [-0.39, 0.29) is 40.8 Å². The number of nitro groups is 1. The molecule has 1 saturated carbocycles. The van der Waals surface area contributed by atoms with Gasteiger partial charge in [0.25, 0.3) is 0 Å². The van der Waals surface area contributed by atoms with Gasteiger partial charge >= 0.3 is 11.8 Å². The van der Waals surface area contributed by atoms with Crippen LogP contribution in [0.5, 0.6) is 0 Å². The molecule has 2 amide bonds. The average molecular weight is 482 g/mol. The van der Waals surface area contributed by atoms with E-state index in [0.717, 1.165) is 19.0 Å². The lowest BCUT2D eigenvalue weighted by atomic mass is 9.84. The molecule has 2 heterocycles. The fourth-order valence-electron chi connectivity index (χ4n) is 4.40. The van der Waals surface area contributed by atoms with E-state index in [0.29, 0.717) is 38.2 Å². The number of carbonyl (C=O) groups is 2. The number of rotatable bonds is 4. The molecule has 1 aliphatic heterocycles. The van der Waals surface area contributed by atoms with E-state index in [1.165, 1.54) is 6.07 Å². The molecule has 10 nitrogen and oxygen atoms in total. The Morgan fingerprint density at radius 2 is 1.91 bits per heavy atom. The maximum absolute atomic E-state index is 13.2. The van der Waals surface area contributed by atoms with Gasteiger partial charge in [-0.3, -0.25) is 14.9 Å². The maximum atomic E-state index is 13.2. The van der Waals surface area contributed by atoms with Crippen molar-refractivity contribution in [1.29, 1.82) is 0 Å². The number of aromatic nitrogens is 1. The van der Waals surface area contributed by atoms with Gasteiger partial charge < -0.3 is 19.9 Å². The number of anilines is 1. The molecule has 3 rings (SSSR count). The number of piperazine rings is 1. The number of nitrogens with one attached hydrogen (secondary N) is 1. The number of hydrogen-bond acceptors (Lipinski definition) is 7. The first-order chi connectivity index (χ1) is 15.4. The third-order valence-corrected chi connectivity index (χ3v) is 6.25. The van der Waals surface area contributed by atoms with Crippen molar-refractivity contribution in [3.63, 3.8) is 0 Å². The summed E-state index contributed by atoms with van der Waals surface area (Å²) in [6, 6.07) is 1.40. The minimum absolute atomic E-state index is 0.0210. The molecule has 11 heteroatoms. The van der Waals surface area contributed by atoms with Crippen molar-refractivity contribution in [1.82, 2.24) is 14.8 Å². The molecule has 1 atom stereocenters. The van der Waals surface area contributed by atoms with Crippen molar-refractivity contribution < 1.29 is 19.2 Å². The standard InChI is InChI=1S/C22H32ClN5O5/c1-14-13-26(21(30)33-22(2,3)4)9-10-27(14)20(29)15-5-7-16(8-6-15)25-17-11-19(23)24-12-18(17)28(31)32/h11-12,14-16H,5-10,13H2,1-4H3,(H,24,25)/t14-,15-,16+/m1/s1. The van der Waals surface area contributed by atoms with Crippen molar-refractivity contribution >= 4 is 35.0 Å². The zero-order valence-electron chi connectivity index (χ0n) is 19.5. The van der Waals surface area contributed by atoms with Crippen LogP contribution in [0.15, 0.2) is 12.3 Å². The van der Waals surface area contributed by atoms with E-state index in [1.807, 2.05) is 32.6 Å². The minimum atomic E-state index is -0.554. The summed E-state index contributed by atoms with van der Waals surface area (Å²) in [6.45, 7) is 8.84. The molecule has 0 aromatic carbocycles. The molecule has 0 spiro atoms. The van der Waals surface area contributed by atoms with Crippen molar-refractivity contribution in [3.05, 3.63) is 27.5 Å². The van der Waals surface area contributed by atoms with Gasteiger partial charge in [0.05, 0.1) is 4.92 Å². The average Bonchev–Trinajstić information content (AvgIpc) is 2.72. The van der Waals surface area contributed by atoms with Gasteiger partial charge in [0.2, 0.25) is 5.91 Å². The molecule has 1 N–H and O–H groups in total. The number of amides is 2. The Bertz CT molecular complexity index is 898. The molecular weight excluding hydrogens is 450 g/mol. The number of hydrogen-bond donors (Lipinski definition) is 1. The predicted molar refractivity (Wildman–Crippen MR) is 124 cm³/mol. The molecule has 0 bridgehead atoms. The van der Waals surface area contributed by atoms with Gasteiger partial charge in [-0.15, -0.1) is 0 Å². The van der Waals surface area contributed by atoms with Crippen molar-refractivity contribution in [3.8, 4) is 0 Å². The molecule has 0 unspecified atom stereocenters. The van der Waals surface area contributed by atoms with Gasteiger partial charge in [-0.2, -0.15) is 0 Å². The van der Waals surface area contributed by atoms with Gasteiger partial charge in [-0.25, -0.2) is 9.78 Å². The molecular formula is C22H32ClN5O5. The Kier molecular flexibility index (Phi) is 7.66. The second-order valence-electron chi connectivity index (χ2n) is 9.78. The predicted octanol–water partition coefficient (Wildman–Crippen LogP) is 4.08. The van der Waals surface area contributed by atoms with Gasteiger partial charge in [-0.05, 0) is 53.4 Å². The van der Waals surface area contributed by atoms with Crippen LogP contribution in [0, 0.1) is 16.0 Å². The monoisotopic (exact) mass is 481 g/mol. The number of pyridine rings is 1. The highest BCUT2D eigenvalue weighted by Crippen LogP contribution is 2.32. The molecule has 2 fully saturated rings. The van der Waals surface area contributed by atoms with Crippen molar-refractivity contribution in [2.45, 2.75) is 71.1 Å². The summed E-state index contributed by atoms with van der Waals surface area (Å²) in [5.41, 5.74) is -0.321. The van der Waals surface area contributed by atoms with E-state index < -0.39 is 10.5 Å². The Hall–Kier alpha value is -2.62. The van der Waals surface area contributed by atoms with Gasteiger partial charge in [0, 0.05) is 43.7 Å². The second-order valence-corrected chi connectivity index (χ2v) is 10.2. The first-order valence-electron chi connectivity index (χ1n) is 11.3. The van der Waals surface area contributed by atoms with Gasteiger partial charge in [-0.1, -0.05) is 11.6 Å². The molecule has 33 heavy (non-hydrogen) atoms. The van der Waals surface area contributed by atoms with Gasteiger partial charge in [0.1, 0.15) is 22.6 Å². The fraction of sp³-hybridized carbons (Fsp3) is 0.682. The van der Waals surface area contributed by atoms with Crippen LogP contribution in [0.1, 0.15) is 53.4 Å². The van der Waals surface area contributed by atoms with E-state index in [9.17, 15) is 19.7 Å². The summed E-state index contributed by atoms with van der Waals surface area (Å²) < 4.78 is 5.45.